The Labute approximate surface area is 152 Å². The van der Waals surface area contributed by atoms with E-state index in [1.54, 1.807) is 6.20 Å². The summed E-state index contributed by atoms with van der Waals surface area (Å²) in [5, 5.41) is 13.9. The average molecular weight is 357 g/mol. The number of benzene rings is 1. The van der Waals surface area contributed by atoms with Gasteiger partial charge in [0, 0.05) is 36.9 Å². The molecular formula is C19H23N3O4. The second-order valence-corrected chi connectivity index (χ2v) is 6.79. The molecule has 0 bridgehead atoms. The van der Waals surface area contributed by atoms with Gasteiger partial charge in [-0.25, -0.2) is 4.79 Å². The molecule has 1 fully saturated rings. The Balaban J connectivity index is 1.71. The maximum atomic E-state index is 12.4. The predicted molar refractivity (Wildman–Crippen MR) is 94.7 cm³/mol. The number of nitrogens with zero attached hydrogens (tertiary/aromatic N) is 3. The van der Waals surface area contributed by atoms with E-state index in [-0.39, 0.29) is 25.1 Å². The van der Waals surface area contributed by atoms with Crippen molar-refractivity contribution in [3.05, 3.63) is 53.9 Å². The molecule has 1 aliphatic heterocycles. The van der Waals surface area contributed by atoms with E-state index >= 15 is 0 Å². The van der Waals surface area contributed by atoms with Gasteiger partial charge in [-0.3, -0.25) is 9.48 Å². The number of carboxylic acid groups (broad SMARTS) is 1. The average Bonchev–Trinajstić information content (AvgIpc) is 3.27. The molecule has 0 saturated carbocycles. The van der Waals surface area contributed by atoms with Gasteiger partial charge in [0.1, 0.15) is 6.61 Å². The van der Waals surface area contributed by atoms with Gasteiger partial charge in [0.25, 0.3) is 0 Å². The van der Waals surface area contributed by atoms with E-state index in [1.807, 2.05) is 54.9 Å². The van der Waals surface area contributed by atoms with E-state index in [0.29, 0.717) is 6.54 Å². The first-order chi connectivity index (χ1) is 12.5. The number of hydrogen-bond acceptors (Lipinski definition) is 4. The smallest absolute Gasteiger partial charge is 0.410 e. The minimum atomic E-state index is -0.912. The van der Waals surface area contributed by atoms with Gasteiger partial charge >= 0.3 is 12.1 Å². The lowest BCUT2D eigenvalue weighted by Crippen LogP contribution is -2.30. The molecular weight excluding hydrogens is 334 g/mol. The molecule has 2 unspecified atom stereocenters. The molecule has 1 N–H and O–H groups in total. The van der Waals surface area contributed by atoms with Gasteiger partial charge in [0.2, 0.25) is 0 Å². The summed E-state index contributed by atoms with van der Waals surface area (Å²) in [6.07, 6.45) is 1.18. The van der Waals surface area contributed by atoms with Crippen molar-refractivity contribution in [3.63, 3.8) is 0 Å². The minimum absolute atomic E-state index is 0.119. The Morgan fingerprint density at radius 1 is 1.23 bits per heavy atom. The first-order valence-electron chi connectivity index (χ1n) is 8.69. The number of amides is 1. The van der Waals surface area contributed by atoms with Crippen LogP contribution in [-0.2, 0) is 16.1 Å². The van der Waals surface area contributed by atoms with E-state index in [0.717, 1.165) is 11.3 Å². The second-order valence-electron chi connectivity index (χ2n) is 6.79. The van der Waals surface area contributed by atoms with Crippen molar-refractivity contribution in [2.45, 2.75) is 32.4 Å². The monoisotopic (exact) mass is 357 g/mol. The fourth-order valence-corrected chi connectivity index (χ4v) is 3.36. The van der Waals surface area contributed by atoms with Crippen LogP contribution < -0.4 is 0 Å². The van der Waals surface area contributed by atoms with Crippen molar-refractivity contribution in [1.29, 1.82) is 0 Å². The number of ether oxygens (including phenoxy) is 1. The summed E-state index contributed by atoms with van der Waals surface area (Å²) in [6, 6.07) is 11.4. The molecule has 0 aliphatic carbocycles. The van der Waals surface area contributed by atoms with Crippen LogP contribution in [0, 0.1) is 5.92 Å². The lowest BCUT2D eigenvalue weighted by Gasteiger charge is -2.19. The van der Waals surface area contributed by atoms with Crippen LogP contribution in [0.1, 0.15) is 37.1 Å². The highest BCUT2D eigenvalue weighted by atomic mass is 16.6. The quantitative estimate of drug-likeness (QED) is 0.889. The molecule has 7 nitrogen and oxygen atoms in total. The van der Waals surface area contributed by atoms with Crippen LogP contribution in [0.3, 0.4) is 0 Å². The van der Waals surface area contributed by atoms with Crippen molar-refractivity contribution in [2.75, 3.05) is 13.1 Å². The van der Waals surface area contributed by atoms with Gasteiger partial charge in [-0.05, 0) is 25.5 Å². The highest BCUT2D eigenvalue weighted by molar-refractivity contribution is 5.75. The second kappa shape index (κ2) is 7.59. The SMILES string of the molecule is CC(C)n1nccc1C1CN(C(=O)OCc2ccccc2)CC1C(=O)O. The fraction of sp³-hybridized carbons (Fsp3) is 0.421. The maximum Gasteiger partial charge on any atom is 0.410 e. The van der Waals surface area contributed by atoms with Crippen molar-refractivity contribution in [3.8, 4) is 0 Å². The zero-order chi connectivity index (χ0) is 18.7. The molecule has 1 amide bonds. The number of aromatic nitrogens is 2. The third-order valence-corrected chi connectivity index (χ3v) is 4.67. The molecule has 2 aromatic rings. The van der Waals surface area contributed by atoms with E-state index in [4.69, 9.17) is 4.74 Å². The molecule has 7 heteroatoms. The predicted octanol–water partition coefficient (Wildman–Crippen LogP) is 2.90. The molecule has 138 valence electrons. The van der Waals surface area contributed by atoms with E-state index in [1.165, 1.54) is 4.90 Å². The molecule has 0 radical (unpaired) electrons. The summed E-state index contributed by atoms with van der Waals surface area (Å²) in [7, 11) is 0. The van der Waals surface area contributed by atoms with E-state index < -0.39 is 18.0 Å². The van der Waals surface area contributed by atoms with Gasteiger partial charge in [-0.1, -0.05) is 30.3 Å². The number of aliphatic carboxylic acids is 1. The van der Waals surface area contributed by atoms with Crippen molar-refractivity contribution >= 4 is 12.1 Å². The number of carbonyl (C=O) groups excluding carboxylic acids is 1. The number of likely N-dealkylation sites (tertiary alicyclic amines) is 1. The zero-order valence-corrected chi connectivity index (χ0v) is 14.9. The summed E-state index contributed by atoms with van der Waals surface area (Å²) in [5.41, 5.74) is 1.73. The first kappa shape index (κ1) is 18.0. The van der Waals surface area contributed by atoms with Gasteiger partial charge in [-0.15, -0.1) is 0 Å². The Kier molecular flexibility index (Phi) is 5.25. The standard InChI is InChI=1S/C19H23N3O4/c1-13(2)22-17(8-9-20-22)15-10-21(11-16(15)18(23)24)19(25)26-12-14-6-4-3-5-7-14/h3-9,13,15-16H,10-12H2,1-2H3,(H,23,24). The highest BCUT2D eigenvalue weighted by Gasteiger charge is 2.42. The maximum absolute atomic E-state index is 12.4. The van der Waals surface area contributed by atoms with Crippen LogP contribution in [0.5, 0.6) is 0 Å². The molecule has 0 spiro atoms. The van der Waals surface area contributed by atoms with Crippen LogP contribution in [-0.4, -0.2) is 44.9 Å². The van der Waals surface area contributed by atoms with Gasteiger partial charge in [-0.2, -0.15) is 5.10 Å². The Morgan fingerprint density at radius 2 is 1.96 bits per heavy atom. The number of rotatable bonds is 5. The van der Waals surface area contributed by atoms with Crippen LogP contribution in [0.25, 0.3) is 0 Å². The molecule has 1 aliphatic rings. The van der Waals surface area contributed by atoms with Gasteiger partial charge in [0.15, 0.2) is 0 Å². The van der Waals surface area contributed by atoms with E-state index in [2.05, 4.69) is 5.10 Å². The molecule has 1 saturated heterocycles. The molecule has 1 aromatic carbocycles. The Bertz CT molecular complexity index is 772. The zero-order valence-electron chi connectivity index (χ0n) is 14.9. The van der Waals surface area contributed by atoms with Crippen molar-refractivity contribution in [2.24, 2.45) is 5.92 Å². The van der Waals surface area contributed by atoms with Crippen LogP contribution in [0.4, 0.5) is 4.79 Å². The fourth-order valence-electron chi connectivity index (χ4n) is 3.36. The lowest BCUT2D eigenvalue weighted by molar-refractivity contribution is -0.141. The third-order valence-electron chi connectivity index (χ3n) is 4.67. The van der Waals surface area contributed by atoms with Gasteiger partial charge < -0.3 is 14.7 Å². The molecule has 3 rings (SSSR count). The third kappa shape index (κ3) is 3.71. The van der Waals surface area contributed by atoms with Crippen molar-refractivity contribution < 1.29 is 19.4 Å². The van der Waals surface area contributed by atoms with Gasteiger partial charge in [0.05, 0.1) is 5.92 Å². The minimum Gasteiger partial charge on any atom is -0.481 e. The Morgan fingerprint density at radius 3 is 2.62 bits per heavy atom. The summed E-state index contributed by atoms with van der Waals surface area (Å²) in [5.74, 6) is -1.89. The summed E-state index contributed by atoms with van der Waals surface area (Å²) in [4.78, 5) is 25.6. The molecule has 2 heterocycles. The topological polar surface area (TPSA) is 84.7 Å². The number of hydrogen-bond donors (Lipinski definition) is 1. The summed E-state index contributed by atoms with van der Waals surface area (Å²) >= 11 is 0. The van der Waals surface area contributed by atoms with Crippen molar-refractivity contribution in [1.82, 2.24) is 14.7 Å². The van der Waals surface area contributed by atoms with Crippen LogP contribution in [0.2, 0.25) is 0 Å². The first-order valence-corrected chi connectivity index (χ1v) is 8.69. The van der Waals surface area contributed by atoms with Crippen LogP contribution >= 0.6 is 0 Å². The number of carbonyl (C=O) groups is 2. The normalized spacial score (nSPS) is 19.7. The summed E-state index contributed by atoms with van der Waals surface area (Å²) in [6.45, 7) is 4.60. The largest absolute Gasteiger partial charge is 0.481 e. The molecule has 26 heavy (non-hydrogen) atoms. The molecule has 2 atom stereocenters. The molecule has 1 aromatic heterocycles. The summed E-state index contributed by atoms with van der Waals surface area (Å²) < 4.78 is 7.17. The van der Waals surface area contributed by atoms with Crippen LogP contribution in [0.15, 0.2) is 42.6 Å². The highest BCUT2D eigenvalue weighted by Crippen LogP contribution is 2.34. The Hall–Kier alpha value is -2.83. The number of carboxylic acids is 1. The lowest BCUT2D eigenvalue weighted by atomic mass is 9.93. The van der Waals surface area contributed by atoms with E-state index in [9.17, 15) is 14.7 Å².